The van der Waals surface area contributed by atoms with Crippen molar-refractivity contribution >= 4 is 11.5 Å². The summed E-state index contributed by atoms with van der Waals surface area (Å²) in [6.45, 7) is 6.62. The third kappa shape index (κ3) is 3.27. The Bertz CT molecular complexity index is 334. The van der Waals surface area contributed by atoms with Crippen LogP contribution in [0.25, 0.3) is 0 Å². The summed E-state index contributed by atoms with van der Waals surface area (Å²) >= 11 is 0. The van der Waals surface area contributed by atoms with Crippen LogP contribution in [0.4, 0.5) is 11.5 Å². The number of aryl methyl sites for hydroxylation is 1. The Morgan fingerprint density at radius 3 is 2.87 bits per heavy atom. The van der Waals surface area contributed by atoms with Crippen molar-refractivity contribution in [2.45, 2.75) is 19.8 Å². The number of aromatic nitrogens is 1. The predicted octanol–water partition coefficient (Wildman–Crippen LogP) is 2.37. The summed E-state index contributed by atoms with van der Waals surface area (Å²) in [4.78, 5) is 6.56. The van der Waals surface area contributed by atoms with E-state index < -0.39 is 0 Å². The molecule has 0 saturated carbocycles. The van der Waals surface area contributed by atoms with Gasteiger partial charge in [-0.25, -0.2) is 4.98 Å². The van der Waals surface area contributed by atoms with E-state index in [2.05, 4.69) is 16.5 Å². The first-order chi connectivity index (χ1) is 7.15. The van der Waals surface area contributed by atoms with Crippen molar-refractivity contribution < 1.29 is 0 Å². The first-order valence-electron chi connectivity index (χ1n) is 5.20. The SMILES string of the molecule is C=CCCCN(C)c1ccc(N)c(C)n1. The summed E-state index contributed by atoms with van der Waals surface area (Å²) in [6, 6.07) is 3.86. The number of unbranched alkanes of at least 4 members (excludes halogenated alkanes) is 1. The van der Waals surface area contributed by atoms with Crippen molar-refractivity contribution in [2.24, 2.45) is 0 Å². The van der Waals surface area contributed by atoms with E-state index in [0.717, 1.165) is 36.6 Å². The summed E-state index contributed by atoms with van der Waals surface area (Å²) in [5, 5.41) is 0. The van der Waals surface area contributed by atoms with Gasteiger partial charge in [0.2, 0.25) is 0 Å². The molecular weight excluding hydrogens is 186 g/mol. The minimum Gasteiger partial charge on any atom is -0.397 e. The highest BCUT2D eigenvalue weighted by Gasteiger charge is 2.03. The number of pyridine rings is 1. The van der Waals surface area contributed by atoms with Crippen molar-refractivity contribution in [3.63, 3.8) is 0 Å². The maximum absolute atomic E-state index is 5.72. The molecular formula is C12H19N3. The highest BCUT2D eigenvalue weighted by Crippen LogP contribution is 2.15. The zero-order valence-corrected chi connectivity index (χ0v) is 9.53. The molecule has 0 aromatic carbocycles. The lowest BCUT2D eigenvalue weighted by atomic mass is 10.3. The van der Waals surface area contributed by atoms with E-state index in [1.807, 2.05) is 32.2 Å². The first kappa shape index (κ1) is 11.6. The molecule has 2 N–H and O–H groups in total. The molecule has 0 radical (unpaired) electrons. The second kappa shape index (κ2) is 5.39. The Kier molecular flexibility index (Phi) is 4.16. The topological polar surface area (TPSA) is 42.1 Å². The van der Waals surface area contributed by atoms with Crippen molar-refractivity contribution in [3.05, 3.63) is 30.5 Å². The standard InChI is InChI=1S/C12H19N3/c1-4-5-6-9-15(3)12-8-7-11(13)10(2)14-12/h4,7-8H,1,5-6,9,13H2,2-3H3. The van der Waals surface area contributed by atoms with E-state index >= 15 is 0 Å². The molecule has 15 heavy (non-hydrogen) atoms. The number of nitrogen functional groups attached to an aromatic ring is 1. The van der Waals surface area contributed by atoms with E-state index in [4.69, 9.17) is 5.73 Å². The van der Waals surface area contributed by atoms with E-state index in [1.165, 1.54) is 0 Å². The van der Waals surface area contributed by atoms with Gasteiger partial charge in [0.25, 0.3) is 0 Å². The van der Waals surface area contributed by atoms with Gasteiger partial charge in [-0.15, -0.1) is 6.58 Å². The lowest BCUT2D eigenvalue weighted by molar-refractivity contribution is 0.791. The summed E-state index contributed by atoms with van der Waals surface area (Å²) in [5.74, 6) is 0.978. The zero-order chi connectivity index (χ0) is 11.3. The van der Waals surface area contributed by atoms with Gasteiger partial charge in [-0.1, -0.05) is 6.08 Å². The van der Waals surface area contributed by atoms with Gasteiger partial charge in [0.1, 0.15) is 5.82 Å². The second-order valence-electron chi connectivity index (χ2n) is 3.70. The van der Waals surface area contributed by atoms with E-state index in [-0.39, 0.29) is 0 Å². The maximum atomic E-state index is 5.72. The van der Waals surface area contributed by atoms with Gasteiger partial charge in [0.15, 0.2) is 0 Å². The lowest BCUT2D eigenvalue weighted by Gasteiger charge is -2.18. The Hall–Kier alpha value is -1.51. The van der Waals surface area contributed by atoms with E-state index in [9.17, 15) is 0 Å². The van der Waals surface area contributed by atoms with Crippen molar-refractivity contribution in [1.29, 1.82) is 0 Å². The minimum absolute atomic E-state index is 0.748. The fraction of sp³-hybridized carbons (Fsp3) is 0.417. The Labute approximate surface area is 91.6 Å². The van der Waals surface area contributed by atoms with Crippen LogP contribution < -0.4 is 10.6 Å². The van der Waals surface area contributed by atoms with Gasteiger partial charge >= 0.3 is 0 Å². The number of hydrogen-bond acceptors (Lipinski definition) is 3. The van der Waals surface area contributed by atoms with Crippen molar-refractivity contribution in [1.82, 2.24) is 4.98 Å². The molecule has 0 atom stereocenters. The maximum Gasteiger partial charge on any atom is 0.128 e. The highest BCUT2D eigenvalue weighted by molar-refractivity contribution is 5.49. The molecule has 1 aromatic rings. The highest BCUT2D eigenvalue weighted by atomic mass is 15.2. The smallest absolute Gasteiger partial charge is 0.128 e. The molecule has 0 fully saturated rings. The van der Waals surface area contributed by atoms with E-state index in [0.29, 0.717) is 0 Å². The Morgan fingerprint density at radius 2 is 2.27 bits per heavy atom. The average Bonchev–Trinajstić information content (AvgIpc) is 2.22. The first-order valence-corrected chi connectivity index (χ1v) is 5.20. The second-order valence-corrected chi connectivity index (χ2v) is 3.70. The molecule has 0 aliphatic heterocycles. The van der Waals surface area contributed by atoms with Crippen LogP contribution in [-0.2, 0) is 0 Å². The summed E-state index contributed by atoms with van der Waals surface area (Å²) in [5.41, 5.74) is 7.36. The molecule has 1 heterocycles. The minimum atomic E-state index is 0.748. The molecule has 0 bridgehead atoms. The molecule has 0 unspecified atom stereocenters. The van der Waals surface area contributed by atoms with Gasteiger partial charge in [0, 0.05) is 13.6 Å². The van der Waals surface area contributed by atoms with Crippen LogP contribution in [0.3, 0.4) is 0 Å². The number of anilines is 2. The number of nitrogens with two attached hydrogens (primary N) is 1. The number of hydrogen-bond donors (Lipinski definition) is 1. The van der Waals surface area contributed by atoms with Crippen LogP contribution in [0.1, 0.15) is 18.5 Å². The summed E-state index contributed by atoms with van der Waals surface area (Å²) in [6.07, 6.45) is 4.08. The fourth-order valence-electron chi connectivity index (χ4n) is 1.36. The largest absolute Gasteiger partial charge is 0.397 e. The molecule has 1 rings (SSSR count). The monoisotopic (exact) mass is 205 g/mol. The third-order valence-electron chi connectivity index (χ3n) is 2.40. The zero-order valence-electron chi connectivity index (χ0n) is 9.53. The van der Waals surface area contributed by atoms with Gasteiger partial charge in [0.05, 0.1) is 11.4 Å². The quantitative estimate of drug-likeness (QED) is 0.592. The summed E-state index contributed by atoms with van der Waals surface area (Å²) in [7, 11) is 2.04. The summed E-state index contributed by atoms with van der Waals surface area (Å²) < 4.78 is 0. The Balaban J connectivity index is 2.61. The molecule has 0 aliphatic carbocycles. The van der Waals surface area contributed by atoms with Crippen LogP contribution in [0, 0.1) is 6.92 Å². The van der Waals surface area contributed by atoms with Gasteiger partial charge in [-0.05, 0) is 31.9 Å². The van der Waals surface area contributed by atoms with Crippen LogP contribution in [-0.4, -0.2) is 18.6 Å². The van der Waals surface area contributed by atoms with Gasteiger partial charge < -0.3 is 10.6 Å². The normalized spacial score (nSPS) is 10.0. The number of allylic oxidation sites excluding steroid dienone is 1. The predicted molar refractivity (Wildman–Crippen MR) is 66.1 cm³/mol. The third-order valence-corrected chi connectivity index (χ3v) is 2.40. The average molecular weight is 205 g/mol. The molecule has 3 heteroatoms. The fourth-order valence-corrected chi connectivity index (χ4v) is 1.36. The van der Waals surface area contributed by atoms with Gasteiger partial charge in [-0.2, -0.15) is 0 Å². The number of rotatable bonds is 5. The van der Waals surface area contributed by atoms with Crippen molar-refractivity contribution in [3.8, 4) is 0 Å². The van der Waals surface area contributed by atoms with Crippen LogP contribution >= 0.6 is 0 Å². The van der Waals surface area contributed by atoms with Crippen LogP contribution in [0.5, 0.6) is 0 Å². The molecule has 3 nitrogen and oxygen atoms in total. The number of nitrogens with zero attached hydrogens (tertiary/aromatic N) is 2. The molecule has 0 spiro atoms. The van der Waals surface area contributed by atoms with Crippen molar-refractivity contribution in [2.75, 3.05) is 24.2 Å². The lowest BCUT2D eigenvalue weighted by Crippen LogP contribution is -2.19. The van der Waals surface area contributed by atoms with E-state index in [1.54, 1.807) is 0 Å². The van der Waals surface area contributed by atoms with Crippen LogP contribution in [0.2, 0.25) is 0 Å². The van der Waals surface area contributed by atoms with Gasteiger partial charge in [-0.3, -0.25) is 0 Å². The molecule has 0 aliphatic rings. The molecule has 1 aromatic heterocycles. The molecule has 0 amide bonds. The molecule has 0 saturated heterocycles. The molecule has 82 valence electrons. The Morgan fingerprint density at radius 1 is 1.53 bits per heavy atom. The van der Waals surface area contributed by atoms with Crippen LogP contribution in [0.15, 0.2) is 24.8 Å².